The molecule has 0 atom stereocenters. The molecule has 0 spiro atoms. The van der Waals surface area contributed by atoms with Crippen molar-refractivity contribution in [2.24, 2.45) is 5.92 Å². The van der Waals surface area contributed by atoms with Gasteiger partial charge in [-0.15, -0.1) is 0 Å². The van der Waals surface area contributed by atoms with Crippen LogP contribution in [0.25, 0.3) is 6.08 Å². The molecule has 3 rings (SSSR count). The predicted octanol–water partition coefficient (Wildman–Crippen LogP) is 3.51. The summed E-state index contributed by atoms with van der Waals surface area (Å²) in [4.78, 5) is 12.6. The van der Waals surface area contributed by atoms with Crippen molar-refractivity contribution in [1.82, 2.24) is 5.32 Å². The van der Waals surface area contributed by atoms with Gasteiger partial charge in [0.15, 0.2) is 0 Å². The molecule has 0 bridgehead atoms. The van der Waals surface area contributed by atoms with Crippen molar-refractivity contribution in [2.45, 2.75) is 12.8 Å². The average molecular weight is 379 g/mol. The molecule has 1 fully saturated rings. The Balaban J connectivity index is 1.83. The summed E-state index contributed by atoms with van der Waals surface area (Å²) in [5.41, 5.74) is 8.37. The SMILES string of the molecule is COc1ccc(/C=C/C(=N)c2c(N)ccc(C(=O)NCC3CC3)c2OC)cc1. The summed E-state index contributed by atoms with van der Waals surface area (Å²) in [5.74, 6) is 1.45. The third kappa shape index (κ3) is 4.52. The fourth-order valence-electron chi connectivity index (χ4n) is 2.90. The van der Waals surface area contributed by atoms with E-state index in [4.69, 9.17) is 20.6 Å². The van der Waals surface area contributed by atoms with Crippen molar-refractivity contribution >= 4 is 23.4 Å². The smallest absolute Gasteiger partial charge is 0.255 e. The fraction of sp³-hybridized carbons (Fsp3) is 0.273. The van der Waals surface area contributed by atoms with Crippen molar-refractivity contribution in [2.75, 3.05) is 26.5 Å². The first kappa shape index (κ1) is 19.5. The number of nitrogens with one attached hydrogen (secondary N) is 2. The predicted molar refractivity (Wildman–Crippen MR) is 111 cm³/mol. The van der Waals surface area contributed by atoms with Crippen LogP contribution in [0.15, 0.2) is 42.5 Å². The number of anilines is 1. The van der Waals surface area contributed by atoms with E-state index in [9.17, 15) is 4.79 Å². The minimum atomic E-state index is -0.211. The maximum atomic E-state index is 12.6. The van der Waals surface area contributed by atoms with Gasteiger partial charge < -0.3 is 25.9 Å². The fourth-order valence-corrected chi connectivity index (χ4v) is 2.90. The molecular weight excluding hydrogens is 354 g/mol. The van der Waals surface area contributed by atoms with Crippen molar-refractivity contribution in [1.29, 1.82) is 5.41 Å². The Morgan fingerprint density at radius 3 is 2.50 bits per heavy atom. The molecule has 0 unspecified atom stereocenters. The number of benzene rings is 2. The van der Waals surface area contributed by atoms with E-state index in [1.54, 1.807) is 31.4 Å². The third-order valence-corrected chi connectivity index (χ3v) is 4.71. The number of methoxy groups -OCH3 is 2. The molecule has 1 aliphatic carbocycles. The molecule has 2 aromatic rings. The van der Waals surface area contributed by atoms with Gasteiger partial charge in [0.1, 0.15) is 11.5 Å². The number of nitrogens with two attached hydrogens (primary N) is 1. The lowest BCUT2D eigenvalue weighted by Gasteiger charge is -2.15. The van der Waals surface area contributed by atoms with Crippen molar-refractivity contribution in [3.63, 3.8) is 0 Å². The van der Waals surface area contributed by atoms with Gasteiger partial charge in [-0.05, 0) is 54.7 Å². The Kier molecular flexibility index (Phi) is 5.99. The second-order valence-electron chi connectivity index (χ2n) is 6.78. The lowest BCUT2D eigenvalue weighted by atomic mass is 10.0. The van der Waals surface area contributed by atoms with Crippen LogP contribution in [0.3, 0.4) is 0 Å². The van der Waals surface area contributed by atoms with E-state index in [2.05, 4.69) is 5.32 Å². The van der Waals surface area contributed by atoms with E-state index in [-0.39, 0.29) is 11.6 Å². The second-order valence-corrected chi connectivity index (χ2v) is 6.78. The third-order valence-electron chi connectivity index (χ3n) is 4.71. The summed E-state index contributed by atoms with van der Waals surface area (Å²) in [6.07, 6.45) is 5.76. The first-order valence-corrected chi connectivity index (χ1v) is 9.19. The van der Waals surface area contributed by atoms with E-state index in [0.29, 0.717) is 35.0 Å². The highest BCUT2D eigenvalue weighted by molar-refractivity contribution is 6.15. The van der Waals surface area contributed by atoms with Gasteiger partial charge in [-0.25, -0.2) is 0 Å². The largest absolute Gasteiger partial charge is 0.497 e. The zero-order chi connectivity index (χ0) is 20.1. The van der Waals surface area contributed by atoms with E-state index in [1.165, 1.54) is 7.11 Å². The summed E-state index contributed by atoms with van der Waals surface area (Å²) in [6, 6.07) is 10.8. The Morgan fingerprint density at radius 1 is 1.18 bits per heavy atom. The summed E-state index contributed by atoms with van der Waals surface area (Å²) in [5, 5.41) is 11.4. The molecule has 1 aliphatic rings. The minimum absolute atomic E-state index is 0.169. The molecular formula is C22H25N3O3. The Labute approximate surface area is 164 Å². The molecule has 0 aromatic heterocycles. The van der Waals surface area contributed by atoms with Crippen LogP contribution < -0.4 is 20.5 Å². The topological polar surface area (TPSA) is 97.4 Å². The summed E-state index contributed by atoms with van der Waals surface area (Å²) < 4.78 is 10.6. The highest BCUT2D eigenvalue weighted by Gasteiger charge is 2.24. The first-order chi connectivity index (χ1) is 13.5. The first-order valence-electron chi connectivity index (χ1n) is 9.19. The van der Waals surface area contributed by atoms with Crippen LogP contribution in [0.2, 0.25) is 0 Å². The molecule has 4 N–H and O–H groups in total. The summed E-state index contributed by atoms with van der Waals surface area (Å²) in [6.45, 7) is 0.663. The molecule has 0 radical (unpaired) electrons. The zero-order valence-electron chi connectivity index (χ0n) is 16.1. The van der Waals surface area contributed by atoms with Gasteiger partial charge in [-0.1, -0.05) is 18.2 Å². The number of allylic oxidation sites excluding steroid dienone is 1. The minimum Gasteiger partial charge on any atom is -0.497 e. The van der Waals surface area contributed by atoms with Gasteiger partial charge in [0.05, 0.1) is 31.1 Å². The zero-order valence-corrected chi connectivity index (χ0v) is 16.1. The quantitative estimate of drug-likeness (QED) is 0.483. The van der Waals surface area contributed by atoms with Gasteiger partial charge in [0.2, 0.25) is 0 Å². The number of amides is 1. The summed E-state index contributed by atoms with van der Waals surface area (Å²) >= 11 is 0. The van der Waals surface area contributed by atoms with Crippen LogP contribution in [0, 0.1) is 11.3 Å². The number of hydrogen-bond donors (Lipinski definition) is 3. The number of ether oxygens (including phenoxy) is 2. The second kappa shape index (κ2) is 8.61. The lowest BCUT2D eigenvalue weighted by Crippen LogP contribution is -2.26. The number of nitrogen functional groups attached to an aromatic ring is 1. The van der Waals surface area contributed by atoms with Crippen LogP contribution in [-0.2, 0) is 0 Å². The van der Waals surface area contributed by atoms with E-state index in [1.807, 2.05) is 24.3 Å². The van der Waals surface area contributed by atoms with Gasteiger partial charge in [0.25, 0.3) is 5.91 Å². The van der Waals surface area contributed by atoms with Crippen LogP contribution >= 0.6 is 0 Å². The Hall–Kier alpha value is -3.28. The molecule has 146 valence electrons. The van der Waals surface area contributed by atoms with Gasteiger partial charge in [-0.2, -0.15) is 0 Å². The number of hydrogen-bond acceptors (Lipinski definition) is 5. The summed E-state index contributed by atoms with van der Waals surface area (Å²) in [7, 11) is 3.10. The van der Waals surface area contributed by atoms with Crippen molar-refractivity contribution in [3.8, 4) is 11.5 Å². The lowest BCUT2D eigenvalue weighted by molar-refractivity contribution is 0.0949. The highest BCUT2D eigenvalue weighted by Crippen LogP contribution is 2.31. The van der Waals surface area contributed by atoms with Crippen molar-refractivity contribution in [3.05, 3.63) is 59.2 Å². The van der Waals surface area contributed by atoms with E-state index >= 15 is 0 Å². The molecule has 0 heterocycles. The number of carbonyl (C=O) groups is 1. The standard InChI is InChI=1S/C22H25N3O3/c1-27-16-8-5-14(6-9-16)7-11-18(23)20-19(24)12-10-17(21(20)28-2)22(26)25-13-15-3-4-15/h5-12,15,23H,3-4,13,24H2,1-2H3,(H,25,26)/b11-7+,23-18?. The Bertz CT molecular complexity index is 900. The molecule has 28 heavy (non-hydrogen) atoms. The molecule has 1 saturated carbocycles. The maximum Gasteiger partial charge on any atom is 0.255 e. The monoisotopic (exact) mass is 379 g/mol. The number of carbonyl (C=O) groups excluding carboxylic acids is 1. The molecule has 6 heteroatoms. The van der Waals surface area contributed by atoms with Gasteiger partial charge in [-0.3, -0.25) is 4.79 Å². The van der Waals surface area contributed by atoms with Crippen LogP contribution in [0.4, 0.5) is 5.69 Å². The molecule has 2 aromatic carbocycles. The normalized spacial score (nSPS) is 13.4. The van der Waals surface area contributed by atoms with E-state index < -0.39 is 0 Å². The van der Waals surface area contributed by atoms with Crippen LogP contribution in [0.5, 0.6) is 11.5 Å². The van der Waals surface area contributed by atoms with Crippen molar-refractivity contribution < 1.29 is 14.3 Å². The molecule has 0 saturated heterocycles. The molecule has 0 aliphatic heterocycles. The molecule has 6 nitrogen and oxygen atoms in total. The van der Waals surface area contributed by atoms with Gasteiger partial charge in [0, 0.05) is 12.2 Å². The average Bonchev–Trinajstić information content (AvgIpc) is 3.54. The van der Waals surface area contributed by atoms with Crippen LogP contribution in [0.1, 0.15) is 34.3 Å². The van der Waals surface area contributed by atoms with Gasteiger partial charge >= 0.3 is 0 Å². The highest BCUT2D eigenvalue weighted by atomic mass is 16.5. The van der Waals surface area contributed by atoms with Crippen LogP contribution in [-0.4, -0.2) is 32.4 Å². The molecule has 1 amide bonds. The van der Waals surface area contributed by atoms with E-state index in [0.717, 1.165) is 24.2 Å². The number of rotatable bonds is 8. The Morgan fingerprint density at radius 2 is 1.89 bits per heavy atom. The maximum absolute atomic E-state index is 12.6.